The van der Waals surface area contributed by atoms with E-state index < -0.39 is 0 Å². The molecule has 0 unspecified atom stereocenters. The van der Waals surface area contributed by atoms with Gasteiger partial charge in [0.15, 0.2) is 0 Å². The van der Waals surface area contributed by atoms with E-state index in [9.17, 15) is 0 Å². The van der Waals surface area contributed by atoms with Crippen molar-refractivity contribution in [3.05, 3.63) is 169 Å². The van der Waals surface area contributed by atoms with Crippen molar-refractivity contribution < 1.29 is 4.42 Å². The van der Waals surface area contributed by atoms with E-state index in [-0.39, 0.29) is 0 Å². The predicted octanol–water partition coefficient (Wildman–Crippen LogP) is 13.2. The SMILES string of the molecule is Cc1cccc2sc3ccc(N(c4ccccc4)c4ccc5c(c4)oc4ccc(N(c6ccccc6)c6ccccc6)cc45)cc3c12. The van der Waals surface area contributed by atoms with E-state index >= 15 is 0 Å². The molecule has 7 aromatic carbocycles. The molecule has 47 heavy (non-hydrogen) atoms. The second-order valence-corrected chi connectivity index (χ2v) is 13.0. The third kappa shape index (κ3) is 4.73. The fourth-order valence-electron chi connectivity index (χ4n) is 6.79. The Balaban J connectivity index is 1.19. The maximum absolute atomic E-state index is 6.55. The van der Waals surface area contributed by atoms with Crippen LogP contribution in [0.4, 0.5) is 34.1 Å². The minimum Gasteiger partial charge on any atom is -0.456 e. The van der Waals surface area contributed by atoms with Crippen LogP contribution in [-0.4, -0.2) is 0 Å². The molecule has 2 aromatic heterocycles. The molecule has 0 bridgehead atoms. The fraction of sp³-hybridized carbons (Fsp3) is 0.0233. The van der Waals surface area contributed by atoms with Crippen molar-refractivity contribution >= 4 is 87.6 Å². The predicted molar refractivity (Wildman–Crippen MR) is 201 cm³/mol. The molecule has 3 nitrogen and oxygen atoms in total. The van der Waals surface area contributed by atoms with Crippen LogP contribution in [0.3, 0.4) is 0 Å². The summed E-state index contributed by atoms with van der Waals surface area (Å²) in [6, 6.07) is 58.1. The summed E-state index contributed by atoms with van der Waals surface area (Å²) in [6.07, 6.45) is 0. The molecule has 0 aliphatic heterocycles. The van der Waals surface area contributed by atoms with Gasteiger partial charge in [0.25, 0.3) is 0 Å². The molecule has 4 heteroatoms. The van der Waals surface area contributed by atoms with Crippen LogP contribution >= 0.6 is 11.3 Å². The summed E-state index contributed by atoms with van der Waals surface area (Å²) in [5, 5.41) is 4.81. The minimum absolute atomic E-state index is 0.861. The molecule has 0 atom stereocenters. The van der Waals surface area contributed by atoms with E-state index in [1.165, 1.54) is 25.7 Å². The van der Waals surface area contributed by atoms with Gasteiger partial charge in [0.2, 0.25) is 0 Å². The van der Waals surface area contributed by atoms with Gasteiger partial charge in [-0.05, 0) is 103 Å². The number of thiophene rings is 1. The third-order valence-corrected chi connectivity index (χ3v) is 10.1. The highest BCUT2D eigenvalue weighted by Gasteiger charge is 2.19. The highest BCUT2D eigenvalue weighted by atomic mass is 32.1. The summed E-state index contributed by atoms with van der Waals surface area (Å²) in [6.45, 7) is 2.20. The zero-order chi connectivity index (χ0) is 31.3. The number of hydrogen-bond donors (Lipinski definition) is 0. The molecule has 2 heterocycles. The zero-order valence-electron chi connectivity index (χ0n) is 25.8. The van der Waals surface area contributed by atoms with Crippen LogP contribution in [0.1, 0.15) is 5.56 Å². The summed E-state index contributed by atoms with van der Waals surface area (Å²) in [4.78, 5) is 4.61. The van der Waals surface area contributed by atoms with Gasteiger partial charge >= 0.3 is 0 Å². The van der Waals surface area contributed by atoms with E-state index in [2.05, 4.69) is 181 Å². The van der Waals surface area contributed by atoms with Crippen molar-refractivity contribution in [3.8, 4) is 0 Å². The standard InChI is InChI=1S/C43H30N2OS/c1-29-12-11-19-42-43(29)38-27-34(22-25-41(38)47-42)45(32-17-9-4-10-18-32)35-20-23-36-37-26-33(21-24-39(37)46-40(36)28-35)44(30-13-5-2-6-14-30)31-15-7-3-8-16-31/h2-28H,1H3. The van der Waals surface area contributed by atoms with Crippen molar-refractivity contribution in [1.29, 1.82) is 0 Å². The van der Waals surface area contributed by atoms with E-state index in [1.807, 2.05) is 11.3 Å². The lowest BCUT2D eigenvalue weighted by atomic mass is 10.1. The topological polar surface area (TPSA) is 19.6 Å². The average molecular weight is 623 g/mol. The number of fused-ring (bicyclic) bond motifs is 6. The van der Waals surface area contributed by atoms with E-state index in [4.69, 9.17) is 4.42 Å². The van der Waals surface area contributed by atoms with Gasteiger partial charge in [-0.2, -0.15) is 0 Å². The van der Waals surface area contributed by atoms with Crippen molar-refractivity contribution in [3.63, 3.8) is 0 Å². The Kier molecular flexibility index (Phi) is 6.54. The summed E-state index contributed by atoms with van der Waals surface area (Å²) in [5.41, 5.74) is 9.60. The Bertz CT molecular complexity index is 2500. The molecule has 0 N–H and O–H groups in total. The maximum atomic E-state index is 6.55. The molecule has 224 valence electrons. The Morgan fingerprint density at radius 2 is 0.957 bits per heavy atom. The first-order valence-corrected chi connectivity index (χ1v) is 16.7. The van der Waals surface area contributed by atoms with Gasteiger partial charge in [0.05, 0.1) is 0 Å². The molecule has 0 spiro atoms. The first-order valence-electron chi connectivity index (χ1n) is 15.8. The number of para-hydroxylation sites is 3. The average Bonchev–Trinajstić information content (AvgIpc) is 3.68. The number of anilines is 6. The molecule has 0 saturated carbocycles. The molecule has 0 aliphatic rings. The van der Waals surface area contributed by atoms with E-state index in [1.54, 1.807) is 0 Å². The van der Waals surface area contributed by atoms with Gasteiger partial charge in [-0.15, -0.1) is 11.3 Å². The van der Waals surface area contributed by atoms with Gasteiger partial charge in [0.1, 0.15) is 11.2 Å². The molecule has 0 saturated heterocycles. The van der Waals surface area contributed by atoms with Crippen LogP contribution in [-0.2, 0) is 0 Å². The summed E-state index contributed by atoms with van der Waals surface area (Å²) in [7, 11) is 0. The number of rotatable bonds is 6. The maximum Gasteiger partial charge on any atom is 0.137 e. The molecule has 9 aromatic rings. The monoisotopic (exact) mass is 622 g/mol. The van der Waals surface area contributed by atoms with Crippen LogP contribution in [0.25, 0.3) is 42.1 Å². The van der Waals surface area contributed by atoms with Gasteiger partial charge in [-0.3, -0.25) is 0 Å². The molecular weight excluding hydrogens is 593 g/mol. The first kappa shape index (κ1) is 27.5. The number of aryl methyl sites for hydroxylation is 1. The Morgan fingerprint density at radius 3 is 1.62 bits per heavy atom. The van der Waals surface area contributed by atoms with E-state index in [0.29, 0.717) is 0 Å². The number of furan rings is 1. The number of hydrogen-bond acceptors (Lipinski definition) is 4. The molecule has 0 radical (unpaired) electrons. The van der Waals surface area contributed by atoms with E-state index in [0.717, 1.165) is 56.1 Å². The molecule has 0 aliphatic carbocycles. The number of nitrogens with zero attached hydrogens (tertiary/aromatic N) is 2. The second kappa shape index (κ2) is 11.2. The Labute approximate surface area is 277 Å². The molecule has 9 rings (SSSR count). The largest absolute Gasteiger partial charge is 0.456 e. The summed E-state index contributed by atoms with van der Waals surface area (Å²) in [5.74, 6) is 0. The van der Waals surface area contributed by atoms with Crippen molar-refractivity contribution in [2.24, 2.45) is 0 Å². The summed E-state index contributed by atoms with van der Waals surface area (Å²) < 4.78 is 9.17. The second-order valence-electron chi connectivity index (χ2n) is 11.9. The fourth-order valence-corrected chi connectivity index (χ4v) is 7.95. The van der Waals surface area contributed by atoms with Crippen molar-refractivity contribution in [2.75, 3.05) is 9.80 Å². The lowest BCUT2D eigenvalue weighted by Gasteiger charge is -2.25. The van der Waals surface area contributed by atoms with Crippen LogP contribution in [0, 0.1) is 6.92 Å². The van der Waals surface area contributed by atoms with Crippen molar-refractivity contribution in [1.82, 2.24) is 0 Å². The Hall–Kier alpha value is -5.84. The molecule has 0 amide bonds. The van der Waals surface area contributed by atoms with Crippen LogP contribution in [0.5, 0.6) is 0 Å². The van der Waals surface area contributed by atoms with Gasteiger partial charge in [0, 0.05) is 71.1 Å². The quantitative estimate of drug-likeness (QED) is 0.184. The highest BCUT2D eigenvalue weighted by molar-refractivity contribution is 7.25. The third-order valence-electron chi connectivity index (χ3n) is 8.94. The minimum atomic E-state index is 0.861. The lowest BCUT2D eigenvalue weighted by molar-refractivity contribution is 0.669. The first-order chi connectivity index (χ1) is 23.2. The zero-order valence-corrected chi connectivity index (χ0v) is 26.6. The van der Waals surface area contributed by atoms with Crippen LogP contribution < -0.4 is 9.80 Å². The van der Waals surface area contributed by atoms with Crippen molar-refractivity contribution in [2.45, 2.75) is 6.92 Å². The smallest absolute Gasteiger partial charge is 0.137 e. The molecular formula is C43H30N2OS. The normalized spacial score (nSPS) is 11.5. The highest BCUT2D eigenvalue weighted by Crippen LogP contribution is 2.43. The van der Waals surface area contributed by atoms with Gasteiger partial charge < -0.3 is 14.2 Å². The lowest BCUT2D eigenvalue weighted by Crippen LogP contribution is -2.09. The van der Waals surface area contributed by atoms with Gasteiger partial charge in [-0.25, -0.2) is 0 Å². The number of benzene rings is 7. The van der Waals surface area contributed by atoms with Crippen LogP contribution in [0.2, 0.25) is 0 Å². The molecule has 0 fully saturated rings. The summed E-state index contributed by atoms with van der Waals surface area (Å²) >= 11 is 1.86. The van der Waals surface area contributed by atoms with Crippen LogP contribution in [0.15, 0.2) is 168 Å². The van der Waals surface area contributed by atoms with Gasteiger partial charge in [-0.1, -0.05) is 66.7 Å². The Morgan fingerprint density at radius 1 is 0.404 bits per heavy atom.